The van der Waals surface area contributed by atoms with Crippen LogP contribution in [0.5, 0.6) is 5.75 Å². The lowest BCUT2D eigenvalue weighted by Gasteiger charge is -2.32. The molecule has 0 aromatic heterocycles. The van der Waals surface area contributed by atoms with Crippen LogP contribution in [0.15, 0.2) is 66.7 Å². The molecule has 0 amide bonds. The molecule has 7 heteroatoms. The van der Waals surface area contributed by atoms with E-state index in [4.69, 9.17) is 4.74 Å². The van der Waals surface area contributed by atoms with E-state index < -0.39 is 0 Å². The normalized spacial score (nSPS) is 19.0. The molecule has 3 aliphatic heterocycles. The second-order valence-corrected chi connectivity index (χ2v) is 9.76. The van der Waals surface area contributed by atoms with Crippen LogP contribution < -0.4 is 14.5 Å². The molecule has 1 unspecified atom stereocenters. The van der Waals surface area contributed by atoms with Gasteiger partial charge in [0.05, 0.1) is 11.4 Å². The standard InChI is InChI=1S/C29H32FN3O.2ClH/c30-24-11-10-23-21-34-29-9-2-1-8-27(29)33(28(23)19-24)26-13-17-31(20-26)16-12-22-6-5-7-25(18-22)32-14-3-4-15-32;;/h1-2,5-11,18-19,26H,3-4,12-17,20-21H2;2*1H. The van der Waals surface area contributed by atoms with Gasteiger partial charge in [-0.2, -0.15) is 0 Å². The molecule has 36 heavy (non-hydrogen) atoms. The van der Waals surface area contributed by atoms with Gasteiger partial charge in [-0.3, -0.25) is 0 Å². The summed E-state index contributed by atoms with van der Waals surface area (Å²) in [6.07, 6.45) is 4.71. The smallest absolute Gasteiger partial charge is 0.143 e. The van der Waals surface area contributed by atoms with Crippen molar-refractivity contribution in [1.82, 2.24) is 4.90 Å². The predicted molar refractivity (Wildman–Crippen MR) is 150 cm³/mol. The molecule has 192 valence electrons. The first kappa shape index (κ1) is 26.6. The number of hydrogen-bond acceptors (Lipinski definition) is 4. The fourth-order valence-corrected chi connectivity index (χ4v) is 5.74. The number of anilines is 3. The van der Waals surface area contributed by atoms with Gasteiger partial charge in [0, 0.05) is 50.0 Å². The lowest BCUT2D eigenvalue weighted by Crippen LogP contribution is -2.35. The topological polar surface area (TPSA) is 19.0 Å². The monoisotopic (exact) mass is 529 g/mol. The van der Waals surface area contributed by atoms with Crippen molar-refractivity contribution in [2.24, 2.45) is 0 Å². The lowest BCUT2D eigenvalue weighted by molar-refractivity contribution is 0.310. The van der Waals surface area contributed by atoms with Gasteiger partial charge < -0.3 is 19.4 Å². The molecule has 0 bridgehead atoms. The second kappa shape index (κ2) is 11.7. The summed E-state index contributed by atoms with van der Waals surface area (Å²) in [6.45, 7) is 5.90. The zero-order valence-electron chi connectivity index (χ0n) is 20.4. The Morgan fingerprint density at radius 2 is 1.69 bits per heavy atom. The van der Waals surface area contributed by atoms with E-state index in [2.05, 4.69) is 45.0 Å². The summed E-state index contributed by atoms with van der Waals surface area (Å²) in [5.41, 5.74) is 5.80. The number of nitrogens with zero attached hydrogens (tertiary/aromatic N) is 3. The number of hydrogen-bond donors (Lipinski definition) is 0. The highest BCUT2D eigenvalue weighted by atomic mass is 35.5. The van der Waals surface area contributed by atoms with Crippen LogP contribution in [0.1, 0.15) is 30.4 Å². The Morgan fingerprint density at radius 3 is 2.56 bits per heavy atom. The van der Waals surface area contributed by atoms with E-state index >= 15 is 0 Å². The molecule has 2 saturated heterocycles. The molecule has 3 aliphatic rings. The Balaban J connectivity index is 0.00000152. The highest BCUT2D eigenvalue weighted by Gasteiger charge is 2.33. The molecule has 0 spiro atoms. The van der Waals surface area contributed by atoms with Crippen LogP contribution >= 0.6 is 24.8 Å². The van der Waals surface area contributed by atoms with Crippen LogP contribution in [0, 0.1) is 5.82 Å². The van der Waals surface area contributed by atoms with Crippen molar-refractivity contribution >= 4 is 41.9 Å². The number of likely N-dealkylation sites (tertiary alicyclic amines) is 1. The van der Waals surface area contributed by atoms with Gasteiger partial charge in [0.2, 0.25) is 0 Å². The minimum absolute atomic E-state index is 0. The van der Waals surface area contributed by atoms with Crippen LogP contribution in [0.2, 0.25) is 0 Å². The average molecular weight is 531 g/mol. The minimum atomic E-state index is -0.198. The fourth-order valence-electron chi connectivity index (χ4n) is 5.74. The highest BCUT2D eigenvalue weighted by molar-refractivity contribution is 5.85. The van der Waals surface area contributed by atoms with Crippen molar-refractivity contribution in [3.63, 3.8) is 0 Å². The number of para-hydroxylation sites is 2. The Morgan fingerprint density at radius 1 is 0.861 bits per heavy atom. The number of halogens is 3. The van der Waals surface area contributed by atoms with Gasteiger partial charge in [-0.25, -0.2) is 4.39 Å². The third-order valence-corrected chi connectivity index (χ3v) is 7.53. The Hall–Kier alpha value is -2.47. The summed E-state index contributed by atoms with van der Waals surface area (Å²) < 4.78 is 20.4. The summed E-state index contributed by atoms with van der Waals surface area (Å²) in [7, 11) is 0. The molecule has 0 saturated carbocycles. The number of fused-ring (bicyclic) bond motifs is 2. The van der Waals surface area contributed by atoms with Crippen molar-refractivity contribution in [2.45, 2.75) is 38.3 Å². The van der Waals surface area contributed by atoms with Gasteiger partial charge in [-0.05, 0) is 67.6 Å². The average Bonchev–Trinajstić information content (AvgIpc) is 3.54. The van der Waals surface area contributed by atoms with Crippen LogP contribution in [0.4, 0.5) is 21.5 Å². The van der Waals surface area contributed by atoms with Crippen molar-refractivity contribution in [2.75, 3.05) is 42.5 Å². The van der Waals surface area contributed by atoms with E-state index in [-0.39, 0.29) is 30.6 Å². The zero-order chi connectivity index (χ0) is 22.9. The SMILES string of the molecule is Cl.Cl.Fc1ccc2c(c1)N(C1CCN(CCc3cccc(N4CCCC4)c3)C1)c1ccccc1OC2. The molecule has 0 radical (unpaired) electrons. The van der Waals surface area contributed by atoms with Crippen molar-refractivity contribution in [3.8, 4) is 5.75 Å². The van der Waals surface area contributed by atoms with Gasteiger partial charge in [0.15, 0.2) is 0 Å². The molecule has 3 aromatic rings. The van der Waals surface area contributed by atoms with Gasteiger partial charge in [0.25, 0.3) is 0 Å². The summed E-state index contributed by atoms with van der Waals surface area (Å²) >= 11 is 0. The summed E-state index contributed by atoms with van der Waals surface area (Å²) in [6, 6.07) is 22.6. The number of rotatable bonds is 5. The van der Waals surface area contributed by atoms with Gasteiger partial charge in [0.1, 0.15) is 18.2 Å². The maximum Gasteiger partial charge on any atom is 0.143 e. The maximum absolute atomic E-state index is 14.3. The van der Waals surface area contributed by atoms with Crippen molar-refractivity contribution < 1.29 is 9.13 Å². The molecule has 0 aliphatic carbocycles. The van der Waals surface area contributed by atoms with E-state index in [0.29, 0.717) is 12.6 Å². The largest absolute Gasteiger partial charge is 0.487 e. The number of ether oxygens (including phenoxy) is 1. The number of benzene rings is 3. The molecule has 1 atom stereocenters. The second-order valence-electron chi connectivity index (χ2n) is 9.76. The van der Waals surface area contributed by atoms with Crippen LogP contribution in [-0.2, 0) is 13.0 Å². The third kappa shape index (κ3) is 5.44. The fraction of sp³-hybridized carbons (Fsp3) is 0.379. The van der Waals surface area contributed by atoms with E-state index in [1.165, 1.54) is 43.2 Å². The van der Waals surface area contributed by atoms with E-state index in [1.807, 2.05) is 24.3 Å². The molecule has 2 fully saturated rings. The molecule has 3 aromatic carbocycles. The zero-order valence-corrected chi connectivity index (χ0v) is 22.1. The Kier molecular flexibility index (Phi) is 8.66. The maximum atomic E-state index is 14.3. The summed E-state index contributed by atoms with van der Waals surface area (Å²) in [5.74, 6) is 0.673. The van der Waals surface area contributed by atoms with E-state index in [1.54, 1.807) is 6.07 Å². The minimum Gasteiger partial charge on any atom is -0.487 e. The molecular weight excluding hydrogens is 496 g/mol. The first-order valence-corrected chi connectivity index (χ1v) is 12.6. The summed E-state index contributed by atoms with van der Waals surface area (Å²) in [5, 5.41) is 0. The van der Waals surface area contributed by atoms with E-state index in [9.17, 15) is 4.39 Å². The van der Waals surface area contributed by atoms with Gasteiger partial charge in [-0.15, -0.1) is 24.8 Å². The van der Waals surface area contributed by atoms with E-state index in [0.717, 1.165) is 55.2 Å². The van der Waals surface area contributed by atoms with Crippen LogP contribution in [-0.4, -0.2) is 43.7 Å². The van der Waals surface area contributed by atoms with Crippen molar-refractivity contribution in [3.05, 3.63) is 83.7 Å². The highest BCUT2D eigenvalue weighted by Crippen LogP contribution is 2.42. The summed E-state index contributed by atoms with van der Waals surface area (Å²) in [4.78, 5) is 7.39. The lowest BCUT2D eigenvalue weighted by atomic mass is 10.1. The van der Waals surface area contributed by atoms with Gasteiger partial charge >= 0.3 is 0 Å². The Labute approximate surface area is 225 Å². The first-order valence-electron chi connectivity index (χ1n) is 12.6. The Bertz CT molecular complexity index is 1170. The molecule has 3 heterocycles. The molecule has 6 rings (SSSR count). The molecular formula is C29H34Cl2FN3O. The quantitative estimate of drug-likeness (QED) is 0.369. The molecule has 4 nitrogen and oxygen atoms in total. The third-order valence-electron chi connectivity index (χ3n) is 7.53. The van der Waals surface area contributed by atoms with Crippen LogP contribution in [0.25, 0.3) is 0 Å². The molecule has 0 N–H and O–H groups in total. The van der Waals surface area contributed by atoms with Crippen molar-refractivity contribution in [1.29, 1.82) is 0 Å². The van der Waals surface area contributed by atoms with Gasteiger partial charge in [-0.1, -0.05) is 30.3 Å². The predicted octanol–water partition coefficient (Wildman–Crippen LogP) is 6.62. The first-order chi connectivity index (χ1) is 16.7. The van der Waals surface area contributed by atoms with Crippen LogP contribution in [0.3, 0.4) is 0 Å².